The zero-order valence-corrected chi connectivity index (χ0v) is 19.4. The summed E-state index contributed by atoms with van der Waals surface area (Å²) in [6.07, 6.45) is 0.259. The highest BCUT2D eigenvalue weighted by Gasteiger charge is 2.35. The molecule has 4 rings (SSSR count). The molecule has 0 unspecified atom stereocenters. The second kappa shape index (κ2) is 10.6. The van der Waals surface area contributed by atoms with Gasteiger partial charge in [0.1, 0.15) is 0 Å². The number of benzene rings is 2. The van der Waals surface area contributed by atoms with Crippen molar-refractivity contribution in [3.05, 3.63) is 60.7 Å². The molecule has 0 radical (unpaired) electrons. The number of carbonyl (C=O) groups is 1. The molecule has 0 saturated carbocycles. The first-order valence-electron chi connectivity index (χ1n) is 11.4. The van der Waals surface area contributed by atoms with Crippen molar-refractivity contribution in [3.63, 3.8) is 0 Å². The van der Waals surface area contributed by atoms with E-state index >= 15 is 0 Å². The Bertz CT molecular complexity index is 1010. The number of anilines is 1. The van der Waals surface area contributed by atoms with Crippen molar-refractivity contribution < 1.29 is 23.1 Å². The molecule has 0 aromatic heterocycles. The Kier molecular flexibility index (Phi) is 7.64. The van der Waals surface area contributed by atoms with E-state index in [2.05, 4.69) is 21.8 Å². The van der Waals surface area contributed by atoms with Gasteiger partial charge in [0.05, 0.1) is 36.2 Å². The van der Waals surface area contributed by atoms with E-state index in [1.54, 1.807) is 18.2 Å². The normalized spacial score (nSPS) is 24.0. The molecule has 2 heterocycles. The van der Waals surface area contributed by atoms with Crippen LogP contribution in [0.15, 0.2) is 65.6 Å². The third-order valence-electron chi connectivity index (χ3n) is 6.31. The van der Waals surface area contributed by atoms with Gasteiger partial charge in [0.15, 0.2) is 0 Å². The Balaban J connectivity index is 1.28. The number of rotatable bonds is 7. The molecule has 0 bridgehead atoms. The number of hydrogen-bond donors (Lipinski definition) is 2. The minimum atomic E-state index is -3.71. The first-order chi connectivity index (χ1) is 16.0. The minimum Gasteiger partial charge on any atom is -0.394 e. The molecule has 2 N–H and O–H groups in total. The number of hydrogen-bond acceptors (Lipinski definition) is 6. The van der Waals surface area contributed by atoms with Crippen molar-refractivity contribution in [2.24, 2.45) is 0 Å². The molecule has 2 aromatic carbocycles. The number of aliphatic hydroxyl groups excluding tert-OH is 1. The summed E-state index contributed by atoms with van der Waals surface area (Å²) in [6.45, 7) is 2.56. The van der Waals surface area contributed by atoms with E-state index in [0.29, 0.717) is 25.9 Å². The van der Waals surface area contributed by atoms with E-state index in [9.17, 15) is 18.3 Å². The standard InChI is InChI=1S/C24H31N3O5S/c28-18-23-22(25-33(30,31)21-9-5-2-6-10-21)12-11-20(32-23)17-24(29)27-15-13-26(14-16-27)19-7-3-1-4-8-19/h1-10,20,22-23,25,28H,11-18H2/t20-,22-,23-/m1/s1. The Morgan fingerprint density at radius 2 is 1.61 bits per heavy atom. The van der Waals surface area contributed by atoms with E-state index in [-0.39, 0.29) is 29.9 Å². The molecule has 0 aliphatic carbocycles. The number of nitrogens with zero attached hydrogens (tertiary/aromatic N) is 2. The topological polar surface area (TPSA) is 99.2 Å². The largest absolute Gasteiger partial charge is 0.394 e. The van der Waals surface area contributed by atoms with Crippen LogP contribution in [-0.2, 0) is 19.6 Å². The van der Waals surface area contributed by atoms with Gasteiger partial charge in [0.25, 0.3) is 0 Å². The van der Waals surface area contributed by atoms with Crippen molar-refractivity contribution >= 4 is 21.6 Å². The molecule has 9 heteroatoms. The van der Waals surface area contributed by atoms with Crippen LogP contribution in [0.4, 0.5) is 5.69 Å². The number of ether oxygens (including phenoxy) is 1. The van der Waals surface area contributed by atoms with Crippen molar-refractivity contribution in [1.29, 1.82) is 0 Å². The first kappa shape index (κ1) is 23.7. The summed E-state index contributed by atoms with van der Waals surface area (Å²) in [7, 11) is -3.71. The monoisotopic (exact) mass is 473 g/mol. The average Bonchev–Trinajstić information content (AvgIpc) is 2.86. The summed E-state index contributed by atoms with van der Waals surface area (Å²) in [5.41, 5.74) is 1.16. The van der Waals surface area contributed by atoms with Gasteiger partial charge in [0, 0.05) is 31.9 Å². The highest BCUT2D eigenvalue weighted by molar-refractivity contribution is 7.89. The molecule has 2 aromatic rings. The molecule has 8 nitrogen and oxygen atoms in total. The van der Waals surface area contributed by atoms with Crippen LogP contribution in [-0.4, -0.2) is 75.4 Å². The van der Waals surface area contributed by atoms with E-state index in [1.165, 1.54) is 12.1 Å². The quantitative estimate of drug-likeness (QED) is 0.634. The molecular weight excluding hydrogens is 442 g/mol. The van der Waals surface area contributed by atoms with E-state index < -0.39 is 22.2 Å². The van der Waals surface area contributed by atoms with Crippen LogP contribution in [0.1, 0.15) is 19.3 Å². The highest BCUT2D eigenvalue weighted by Crippen LogP contribution is 2.25. The van der Waals surface area contributed by atoms with E-state index in [1.807, 2.05) is 23.1 Å². The van der Waals surface area contributed by atoms with Crippen LogP contribution in [0.25, 0.3) is 0 Å². The predicted molar refractivity (Wildman–Crippen MR) is 125 cm³/mol. The lowest BCUT2D eigenvalue weighted by Crippen LogP contribution is -2.52. The Labute approximate surface area is 195 Å². The smallest absolute Gasteiger partial charge is 0.240 e. The Hall–Kier alpha value is -2.46. The minimum absolute atomic E-state index is 0.0349. The number of carbonyl (C=O) groups excluding carboxylic acids is 1. The summed E-state index contributed by atoms with van der Waals surface area (Å²) in [6, 6.07) is 17.8. The SMILES string of the molecule is O=C(C[C@H]1CC[C@@H](NS(=O)(=O)c2ccccc2)[C@@H](CO)O1)N1CCN(c2ccccc2)CC1. The summed E-state index contributed by atoms with van der Waals surface area (Å²) in [5, 5.41) is 9.81. The molecule has 33 heavy (non-hydrogen) atoms. The van der Waals surface area contributed by atoms with Gasteiger partial charge in [0.2, 0.25) is 15.9 Å². The lowest BCUT2D eigenvalue weighted by atomic mass is 9.97. The molecule has 2 fully saturated rings. The third-order valence-corrected chi connectivity index (χ3v) is 7.82. The number of piperazine rings is 1. The van der Waals surface area contributed by atoms with Gasteiger partial charge in [-0.15, -0.1) is 0 Å². The molecule has 3 atom stereocenters. The molecule has 2 saturated heterocycles. The Morgan fingerprint density at radius 3 is 2.24 bits per heavy atom. The zero-order valence-electron chi connectivity index (χ0n) is 18.5. The average molecular weight is 474 g/mol. The number of nitrogens with one attached hydrogen (secondary N) is 1. The van der Waals surface area contributed by atoms with Gasteiger partial charge >= 0.3 is 0 Å². The maximum Gasteiger partial charge on any atom is 0.240 e. The van der Waals surface area contributed by atoms with E-state index in [4.69, 9.17) is 4.74 Å². The fraction of sp³-hybridized carbons (Fsp3) is 0.458. The summed E-state index contributed by atoms with van der Waals surface area (Å²) in [5.74, 6) is 0.0349. The van der Waals surface area contributed by atoms with Gasteiger partial charge in [-0.25, -0.2) is 13.1 Å². The lowest BCUT2D eigenvalue weighted by Gasteiger charge is -2.38. The first-order valence-corrected chi connectivity index (χ1v) is 12.9. The van der Waals surface area contributed by atoms with Crippen LogP contribution in [0, 0.1) is 0 Å². The van der Waals surface area contributed by atoms with E-state index in [0.717, 1.165) is 18.8 Å². The van der Waals surface area contributed by atoms with Crippen LogP contribution in [0.5, 0.6) is 0 Å². The number of aliphatic hydroxyl groups is 1. The van der Waals surface area contributed by atoms with Gasteiger partial charge in [-0.05, 0) is 37.1 Å². The fourth-order valence-corrected chi connectivity index (χ4v) is 5.78. The Morgan fingerprint density at radius 1 is 0.970 bits per heavy atom. The second-order valence-electron chi connectivity index (χ2n) is 8.50. The predicted octanol–water partition coefficient (Wildman–Crippen LogP) is 1.61. The molecule has 178 valence electrons. The van der Waals surface area contributed by atoms with Crippen molar-refractivity contribution in [2.75, 3.05) is 37.7 Å². The van der Waals surface area contributed by atoms with Gasteiger partial charge in [-0.1, -0.05) is 36.4 Å². The summed E-state index contributed by atoms with van der Waals surface area (Å²) in [4.78, 5) is 17.2. The van der Waals surface area contributed by atoms with Crippen molar-refractivity contribution in [1.82, 2.24) is 9.62 Å². The molecule has 0 spiro atoms. The number of amides is 1. The fourth-order valence-electron chi connectivity index (χ4n) is 4.46. The number of sulfonamides is 1. The van der Waals surface area contributed by atoms with Gasteiger partial charge in [-0.3, -0.25) is 4.79 Å². The summed E-state index contributed by atoms with van der Waals surface area (Å²) < 4.78 is 33.9. The van der Waals surface area contributed by atoms with Gasteiger partial charge < -0.3 is 19.6 Å². The maximum atomic E-state index is 12.9. The van der Waals surface area contributed by atoms with Crippen LogP contribution in [0.2, 0.25) is 0 Å². The second-order valence-corrected chi connectivity index (χ2v) is 10.2. The molecule has 2 aliphatic rings. The molecule has 2 aliphatic heterocycles. The van der Waals surface area contributed by atoms with Crippen molar-refractivity contribution in [2.45, 2.75) is 42.4 Å². The molecular formula is C24H31N3O5S. The third kappa shape index (κ3) is 5.92. The molecule has 1 amide bonds. The van der Waals surface area contributed by atoms with Crippen LogP contribution < -0.4 is 9.62 Å². The van der Waals surface area contributed by atoms with Crippen LogP contribution in [0.3, 0.4) is 0 Å². The highest BCUT2D eigenvalue weighted by atomic mass is 32.2. The maximum absolute atomic E-state index is 12.9. The summed E-state index contributed by atoms with van der Waals surface area (Å²) >= 11 is 0. The van der Waals surface area contributed by atoms with Crippen LogP contribution >= 0.6 is 0 Å². The number of para-hydroxylation sites is 1. The van der Waals surface area contributed by atoms with Gasteiger partial charge in [-0.2, -0.15) is 0 Å². The zero-order chi connectivity index (χ0) is 23.3. The van der Waals surface area contributed by atoms with Crippen molar-refractivity contribution in [3.8, 4) is 0 Å². The lowest BCUT2D eigenvalue weighted by molar-refractivity contribution is -0.140.